The average molecular weight is 195 g/mol. The number of aryl methyl sites for hydroxylation is 1. The van der Waals surface area contributed by atoms with Crippen molar-refractivity contribution >= 4 is 0 Å². The summed E-state index contributed by atoms with van der Waals surface area (Å²) in [6.07, 6.45) is 3.14. The molecule has 2 rings (SSSR count). The first-order valence-electron chi connectivity index (χ1n) is 5.05. The SMILES string of the molecule is CC1CCOC1C(N)c1ccn(C)n1. The molecule has 2 N–H and O–H groups in total. The first kappa shape index (κ1) is 9.68. The summed E-state index contributed by atoms with van der Waals surface area (Å²) < 4.78 is 7.39. The highest BCUT2D eigenvalue weighted by Gasteiger charge is 2.31. The van der Waals surface area contributed by atoms with Crippen molar-refractivity contribution in [3.63, 3.8) is 0 Å². The van der Waals surface area contributed by atoms with Crippen LogP contribution >= 0.6 is 0 Å². The smallest absolute Gasteiger partial charge is 0.0818 e. The zero-order valence-corrected chi connectivity index (χ0v) is 8.68. The summed E-state index contributed by atoms with van der Waals surface area (Å²) >= 11 is 0. The van der Waals surface area contributed by atoms with E-state index in [1.165, 1.54) is 0 Å². The molecule has 0 aliphatic carbocycles. The third-order valence-corrected chi connectivity index (χ3v) is 2.87. The Morgan fingerprint density at radius 1 is 1.71 bits per heavy atom. The van der Waals surface area contributed by atoms with Crippen molar-refractivity contribution in [1.82, 2.24) is 9.78 Å². The van der Waals surface area contributed by atoms with E-state index < -0.39 is 0 Å². The maximum absolute atomic E-state index is 6.10. The normalized spacial score (nSPS) is 29.4. The molecule has 3 unspecified atom stereocenters. The third-order valence-electron chi connectivity index (χ3n) is 2.87. The van der Waals surface area contributed by atoms with Gasteiger partial charge in [0.1, 0.15) is 0 Å². The molecule has 0 bridgehead atoms. The van der Waals surface area contributed by atoms with E-state index in [1.807, 2.05) is 19.3 Å². The Balaban J connectivity index is 2.11. The van der Waals surface area contributed by atoms with Crippen LogP contribution in [0.4, 0.5) is 0 Å². The number of rotatable bonds is 2. The molecule has 14 heavy (non-hydrogen) atoms. The van der Waals surface area contributed by atoms with Crippen LogP contribution in [0.2, 0.25) is 0 Å². The number of aromatic nitrogens is 2. The minimum Gasteiger partial charge on any atom is -0.376 e. The van der Waals surface area contributed by atoms with Gasteiger partial charge in [-0.1, -0.05) is 6.92 Å². The second-order valence-corrected chi connectivity index (χ2v) is 4.04. The lowest BCUT2D eigenvalue weighted by atomic mass is 9.96. The van der Waals surface area contributed by atoms with Gasteiger partial charge in [-0.2, -0.15) is 5.10 Å². The van der Waals surface area contributed by atoms with Crippen LogP contribution in [0.1, 0.15) is 25.1 Å². The van der Waals surface area contributed by atoms with Gasteiger partial charge in [0.05, 0.1) is 17.8 Å². The van der Waals surface area contributed by atoms with E-state index in [9.17, 15) is 0 Å². The largest absolute Gasteiger partial charge is 0.376 e. The first-order chi connectivity index (χ1) is 6.68. The van der Waals surface area contributed by atoms with Crippen molar-refractivity contribution in [2.45, 2.75) is 25.5 Å². The van der Waals surface area contributed by atoms with Crippen LogP contribution in [0.5, 0.6) is 0 Å². The van der Waals surface area contributed by atoms with E-state index in [0.717, 1.165) is 18.7 Å². The number of nitrogens with two attached hydrogens (primary N) is 1. The average Bonchev–Trinajstić information content (AvgIpc) is 2.73. The van der Waals surface area contributed by atoms with Gasteiger partial charge in [0, 0.05) is 19.9 Å². The van der Waals surface area contributed by atoms with Crippen LogP contribution < -0.4 is 5.73 Å². The molecule has 1 aromatic rings. The number of hydrogen-bond donors (Lipinski definition) is 1. The van der Waals surface area contributed by atoms with Gasteiger partial charge in [-0.15, -0.1) is 0 Å². The van der Waals surface area contributed by atoms with Crippen LogP contribution in [0, 0.1) is 5.92 Å². The molecular weight excluding hydrogens is 178 g/mol. The maximum Gasteiger partial charge on any atom is 0.0818 e. The van der Waals surface area contributed by atoms with E-state index in [1.54, 1.807) is 4.68 Å². The molecule has 3 atom stereocenters. The minimum absolute atomic E-state index is 0.0892. The van der Waals surface area contributed by atoms with Gasteiger partial charge in [-0.3, -0.25) is 4.68 Å². The molecule has 0 amide bonds. The highest BCUT2D eigenvalue weighted by Crippen LogP contribution is 2.28. The molecule has 2 heterocycles. The molecule has 0 spiro atoms. The Hall–Kier alpha value is -0.870. The van der Waals surface area contributed by atoms with Crippen molar-refractivity contribution in [3.8, 4) is 0 Å². The molecule has 1 fully saturated rings. The zero-order chi connectivity index (χ0) is 10.1. The Bertz CT molecular complexity index is 310. The summed E-state index contributed by atoms with van der Waals surface area (Å²) in [6, 6.07) is 1.87. The second-order valence-electron chi connectivity index (χ2n) is 4.04. The Labute approximate surface area is 84.0 Å². The summed E-state index contributed by atoms with van der Waals surface area (Å²) in [5, 5.41) is 4.30. The fourth-order valence-corrected chi connectivity index (χ4v) is 1.96. The van der Waals surface area contributed by atoms with Crippen LogP contribution in [-0.4, -0.2) is 22.5 Å². The highest BCUT2D eigenvalue weighted by atomic mass is 16.5. The summed E-state index contributed by atoms with van der Waals surface area (Å²) in [6.45, 7) is 3.01. The predicted molar refractivity (Wildman–Crippen MR) is 53.7 cm³/mol. The molecule has 1 aliphatic heterocycles. The lowest BCUT2D eigenvalue weighted by Gasteiger charge is -2.20. The van der Waals surface area contributed by atoms with Gasteiger partial charge in [0.15, 0.2) is 0 Å². The molecule has 0 radical (unpaired) electrons. The van der Waals surface area contributed by atoms with Crippen molar-refractivity contribution in [2.24, 2.45) is 18.7 Å². The van der Waals surface area contributed by atoms with E-state index in [2.05, 4.69) is 12.0 Å². The van der Waals surface area contributed by atoms with E-state index in [4.69, 9.17) is 10.5 Å². The number of hydrogen-bond acceptors (Lipinski definition) is 3. The Kier molecular flexibility index (Phi) is 2.56. The summed E-state index contributed by atoms with van der Waals surface area (Å²) in [5.41, 5.74) is 7.03. The lowest BCUT2D eigenvalue weighted by Crippen LogP contribution is -2.30. The standard InChI is InChI=1S/C10H17N3O/c1-7-4-6-14-10(7)9(11)8-3-5-13(2)12-8/h3,5,7,9-10H,4,6,11H2,1-2H3. The minimum atomic E-state index is -0.0892. The van der Waals surface area contributed by atoms with E-state index in [0.29, 0.717) is 5.92 Å². The lowest BCUT2D eigenvalue weighted by molar-refractivity contribution is 0.0712. The highest BCUT2D eigenvalue weighted by molar-refractivity contribution is 5.08. The molecule has 4 nitrogen and oxygen atoms in total. The summed E-state index contributed by atoms with van der Waals surface area (Å²) in [4.78, 5) is 0. The van der Waals surface area contributed by atoms with Crippen molar-refractivity contribution in [2.75, 3.05) is 6.61 Å². The van der Waals surface area contributed by atoms with Gasteiger partial charge in [0.25, 0.3) is 0 Å². The van der Waals surface area contributed by atoms with Gasteiger partial charge in [-0.25, -0.2) is 0 Å². The number of nitrogens with zero attached hydrogens (tertiary/aromatic N) is 2. The van der Waals surface area contributed by atoms with Gasteiger partial charge < -0.3 is 10.5 Å². The zero-order valence-electron chi connectivity index (χ0n) is 8.68. The molecular formula is C10H17N3O. The number of ether oxygens (including phenoxy) is 1. The van der Waals surface area contributed by atoms with Gasteiger partial charge in [0.2, 0.25) is 0 Å². The molecule has 1 aliphatic rings. The topological polar surface area (TPSA) is 53.1 Å². The molecule has 78 valence electrons. The maximum atomic E-state index is 6.10. The molecule has 0 aromatic carbocycles. The van der Waals surface area contributed by atoms with Crippen LogP contribution in [-0.2, 0) is 11.8 Å². The van der Waals surface area contributed by atoms with Crippen molar-refractivity contribution in [1.29, 1.82) is 0 Å². The molecule has 0 saturated carbocycles. The van der Waals surface area contributed by atoms with E-state index in [-0.39, 0.29) is 12.1 Å². The molecule has 1 saturated heterocycles. The van der Waals surface area contributed by atoms with Crippen LogP contribution in [0.25, 0.3) is 0 Å². The summed E-state index contributed by atoms with van der Waals surface area (Å²) in [5.74, 6) is 0.534. The third kappa shape index (κ3) is 1.67. The predicted octanol–water partition coefficient (Wildman–Crippen LogP) is 0.845. The van der Waals surface area contributed by atoms with Crippen LogP contribution in [0.15, 0.2) is 12.3 Å². The first-order valence-corrected chi connectivity index (χ1v) is 5.05. The second kappa shape index (κ2) is 3.71. The molecule has 1 aromatic heterocycles. The van der Waals surface area contributed by atoms with Crippen molar-refractivity contribution in [3.05, 3.63) is 18.0 Å². The van der Waals surface area contributed by atoms with Crippen LogP contribution in [0.3, 0.4) is 0 Å². The monoisotopic (exact) mass is 195 g/mol. The molecule has 4 heteroatoms. The Morgan fingerprint density at radius 3 is 3.00 bits per heavy atom. The fraction of sp³-hybridized carbons (Fsp3) is 0.700. The fourth-order valence-electron chi connectivity index (χ4n) is 1.96. The van der Waals surface area contributed by atoms with Gasteiger partial charge in [-0.05, 0) is 18.4 Å². The van der Waals surface area contributed by atoms with E-state index >= 15 is 0 Å². The van der Waals surface area contributed by atoms with Crippen molar-refractivity contribution < 1.29 is 4.74 Å². The summed E-state index contributed by atoms with van der Waals surface area (Å²) in [7, 11) is 1.90. The van der Waals surface area contributed by atoms with Gasteiger partial charge >= 0.3 is 0 Å². The quantitative estimate of drug-likeness (QED) is 0.761. The Morgan fingerprint density at radius 2 is 2.50 bits per heavy atom.